The smallest absolute Gasteiger partial charge is 0.253 e. The van der Waals surface area contributed by atoms with Gasteiger partial charge in [-0.3, -0.25) is 19.3 Å². The first-order valence-corrected chi connectivity index (χ1v) is 12.8. The molecule has 0 spiro atoms. The van der Waals surface area contributed by atoms with Gasteiger partial charge in [-0.2, -0.15) is 5.10 Å². The number of amides is 1. The van der Waals surface area contributed by atoms with Crippen LogP contribution in [0.2, 0.25) is 0 Å². The Morgan fingerprint density at radius 3 is 2.58 bits per heavy atom. The molecule has 194 valence electrons. The molecule has 2 N–H and O–H groups in total. The maximum Gasteiger partial charge on any atom is 0.253 e. The van der Waals surface area contributed by atoms with E-state index in [1.807, 2.05) is 68.2 Å². The van der Waals surface area contributed by atoms with Crippen LogP contribution >= 0.6 is 0 Å². The van der Waals surface area contributed by atoms with Crippen LogP contribution in [0.4, 0.5) is 0 Å². The van der Waals surface area contributed by atoms with Gasteiger partial charge < -0.3 is 14.9 Å². The number of fused-ring (bicyclic) bond motifs is 1. The van der Waals surface area contributed by atoms with Gasteiger partial charge in [0, 0.05) is 64.5 Å². The van der Waals surface area contributed by atoms with E-state index in [0.29, 0.717) is 17.7 Å². The fraction of sp³-hybridized carbons (Fsp3) is 0.267. The summed E-state index contributed by atoms with van der Waals surface area (Å²) < 4.78 is 4.04. The Kier molecular flexibility index (Phi) is 6.72. The third-order valence-corrected chi connectivity index (χ3v) is 6.86. The zero-order valence-electron chi connectivity index (χ0n) is 22.4. The summed E-state index contributed by atoms with van der Waals surface area (Å²) in [5, 5.41) is 8.44. The first-order valence-electron chi connectivity index (χ1n) is 12.8. The minimum absolute atomic E-state index is 0.151. The number of nitrogens with zero attached hydrogens (tertiary/aromatic N) is 4. The van der Waals surface area contributed by atoms with Crippen LogP contribution in [0.3, 0.4) is 0 Å². The quantitative estimate of drug-likeness (QED) is 0.321. The molecule has 0 aliphatic carbocycles. The maximum atomic E-state index is 13.6. The van der Waals surface area contributed by atoms with E-state index in [1.165, 1.54) is 0 Å². The number of carbonyl (C=O) groups excluding carboxylic acids is 1. The van der Waals surface area contributed by atoms with E-state index in [-0.39, 0.29) is 24.1 Å². The predicted octanol–water partition coefficient (Wildman–Crippen LogP) is 5.07. The molecule has 5 rings (SSSR count). The second kappa shape index (κ2) is 10.1. The number of benzene rings is 1. The number of pyridine rings is 2. The maximum absolute atomic E-state index is 13.6. The topological polar surface area (TPSA) is 97.6 Å². The zero-order valence-corrected chi connectivity index (χ0v) is 22.4. The summed E-state index contributed by atoms with van der Waals surface area (Å²) in [6, 6.07) is 12.0. The average Bonchev–Trinajstić information content (AvgIpc) is 3.48. The molecule has 0 bridgehead atoms. The summed E-state index contributed by atoms with van der Waals surface area (Å²) >= 11 is 0. The van der Waals surface area contributed by atoms with Crippen molar-refractivity contribution in [1.82, 2.24) is 29.6 Å². The molecule has 0 atom stereocenters. The van der Waals surface area contributed by atoms with E-state index >= 15 is 0 Å². The van der Waals surface area contributed by atoms with Gasteiger partial charge in [0.2, 0.25) is 0 Å². The first kappa shape index (κ1) is 25.2. The Hall–Kier alpha value is -4.46. The molecule has 38 heavy (non-hydrogen) atoms. The fourth-order valence-corrected chi connectivity index (χ4v) is 4.98. The van der Waals surface area contributed by atoms with Crippen LogP contribution in [0.25, 0.3) is 22.0 Å². The molecule has 4 aromatic heterocycles. The second-order valence-corrected chi connectivity index (χ2v) is 10.1. The highest BCUT2D eigenvalue weighted by Gasteiger charge is 2.20. The van der Waals surface area contributed by atoms with Crippen LogP contribution in [-0.2, 0) is 13.1 Å². The molecule has 0 aliphatic rings. The summed E-state index contributed by atoms with van der Waals surface area (Å²) in [5.41, 5.74) is 7.36. The molecule has 0 saturated carbocycles. The van der Waals surface area contributed by atoms with Crippen LogP contribution in [0.5, 0.6) is 0 Å². The zero-order chi connectivity index (χ0) is 27.0. The van der Waals surface area contributed by atoms with Crippen LogP contribution in [-0.4, -0.2) is 30.2 Å². The lowest BCUT2D eigenvalue weighted by molar-refractivity contribution is 0.0952. The molecule has 8 heteroatoms. The molecule has 1 amide bonds. The van der Waals surface area contributed by atoms with E-state index < -0.39 is 0 Å². The Morgan fingerprint density at radius 1 is 1.05 bits per heavy atom. The number of rotatable bonds is 7. The normalized spacial score (nSPS) is 11.4. The average molecular weight is 509 g/mol. The molecule has 1 aromatic carbocycles. The molecule has 0 saturated heterocycles. The van der Waals surface area contributed by atoms with E-state index in [0.717, 1.165) is 44.5 Å². The summed E-state index contributed by atoms with van der Waals surface area (Å²) in [5.74, 6) is -0.221. The lowest BCUT2D eigenvalue weighted by Gasteiger charge is -2.13. The van der Waals surface area contributed by atoms with Gasteiger partial charge in [0.05, 0.1) is 18.4 Å². The Bertz CT molecular complexity index is 1690. The van der Waals surface area contributed by atoms with Gasteiger partial charge in [0.1, 0.15) is 0 Å². The van der Waals surface area contributed by atoms with Crippen molar-refractivity contribution in [1.29, 1.82) is 0 Å². The van der Waals surface area contributed by atoms with Gasteiger partial charge in [0.25, 0.3) is 11.5 Å². The minimum Gasteiger partial charge on any atom is -0.348 e. The van der Waals surface area contributed by atoms with E-state index in [4.69, 9.17) is 0 Å². The second-order valence-electron chi connectivity index (χ2n) is 10.1. The molecule has 5 aromatic rings. The first-order chi connectivity index (χ1) is 18.2. The lowest BCUT2D eigenvalue weighted by atomic mass is 9.99. The van der Waals surface area contributed by atoms with Crippen LogP contribution < -0.4 is 10.9 Å². The van der Waals surface area contributed by atoms with Crippen molar-refractivity contribution in [3.63, 3.8) is 0 Å². The molecule has 0 radical (unpaired) electrons. The molecule has 4 heterocycles. The van der Waals surface area contributed by atoms with Gasteiger partial charge in [-0.1, -0.05) is 6.07 Å². The van der Waals surface area contributed by atoms with Crippen molar-refractivity contribution in [2.45, 2.75) is 53.8 Å². The van der Waals surface area contributed by atoms with Gasteiger partial charge in [-0.25, -0.2) is 0 Å². The monoisotopic (exact) mass is 508 g/mol. The number of aromatic amines is 1. The Balaban J connectivity index is 1.53. The van der Waals surface area contributed by atoms with Crippen LogP contribution in [0, 0.1) is 20.8 Å². The van der Waals surface area contributed by atoms with E-state index in [9.17, 15) is 9.59 Å². The molecular formula is C30H32N6O2. The standard InChI is InChI=1S/C30H32N6O2/c1-18(2)36-15-20(4)28-25(29(37)32-14-26-19(3)10-21(5)34-30(26)38)11-22(12-27(28)36)23-13-33-35(16-23)17-24-8-6-7-9-31-24/h6-13,15-16,18H,14,17H2,1-5H3,(H,32,37)(H,34,38). The van der Waals surface area contributed by atoms with Crippen LogP contribution in [0.1, 0.15) is 58.3 Å². The summed E-state index contributed by atoms with van der Waals surface area (Å²) in [7, 11) is 0. The van der Waals surface area contributed by atoms with Gasteiger partial charge >= 0.3 is 0 Å². The number of hydrogen-bond acceptors (Lipinski definition) is 4. The number of nitrogens with one attached hydrogen (secondary N) is 2. The van der Waals surface area contributed by atoms with Crippen molar-refractivity contribution in [2.24, 2.45) is 0 Å². The van der Waals surface area contributed by atoms with Gasteiger partial charge in [0.15, 0.2) is 0 Å². The number of aryl methyl sites for hydroxylation is 3. The van der Waals surface area contributed by atoms with E-state index in [1.54, 1.807) is 6.20 Å². The molecule has 0 unspecified atom stereocenters. The molecule has 0 fully saturated rings. The van der Waals surface area contributed by atoms with Gasteiger partial charge in [-0.15, -0.1) is 0 Å². The predicted molar refractivity (Wildman–Crippen MR) is 149 cm³/mol. The van der Waals surface area contributed by atoms with E-state index in [2.05, 4.69) is 51.1 Å². The van der Waals surface area contributed by atoms with Crippen molar-refractivity contribution in [3.05, 3.63) is 105 Å². The Labute approximate surface area is 221 Å². The summed E-state index contributed by atoms with van der Waals surface area (Å²) in [4.78, 5) is 33.3. The van der Waals surface area contributed by atoms with Gasteiger partial charge in [-0.05, 0) is 81.6 Å². The third kappa shape index (κ3) is 4.89. The summed E-state index contributed by atoms with van der Waals surface area (Å²) in [6.45, 7) is 10.7. The fourth-order valence-electron chi connectivity index (χ4n) is 4.98. The van der Waals surface area contributed by atoms with Crippen molar-refractivity contribution in [2.75, 3.05) is 0 Å². The number of hydrogen-bond donors (Lipinski definition) is 2. The molecule has 8 nitrogen and oxygen atoms in total. The highest BCUT2D eigenvalue weighted by atomic mass is 16.1. The molecular weight excluding hydrogens is 476 g/mol. The SMILES string of the molecule is Cc1cc(C)c(CNC(=O)c2cc(-c3cnn(Cc4ccccn4)c3)cc3c2c(C)cn3C(C)C)c(=O)[nH]1. The number of H-pyrrole nitrogens is 1. The van der Waals surface area contributed by atoms with Crippen molar-refractivity contribution < 1.29 is 4.79 Å². The largest absolute Gasteiger partial charge is 0.348 e. The lowest BCUT2D eigenvalue weighted by Crippen LogP contribution is -2.28. The molecule has 0 aliphatic heterocycles. The number of carbonyl (C=O) groups is 1. The third-order valence-electron chi connectivity index (χ3n) is 6.86. The highest BCUT2D eigenvalue weighted by molar-refractivity contribution is 6.09. The van der Waals surface area contributed by atoms with Crippen molar-refractivity contribution >= 4 is 16.8 Å². The number of aromatic nitrogens is 5. The highest BCUT2D eigenvalue weighted by Crippen LogP contribution is 2.33. The van der Waals surface area contributed by atoms with Crippen molar-refractivity contribution in [3.8, 4) is 11.1 Å². The summed E-state index contributed by atoms with van der Waals surface area (Å²) in [6.07, 6.45) is 7.65. The van der Waals surface area contributed by atoms with Crippen LogP contribution in [0.15, 0.2) is 66.0 Å². The Morgan fingerprint density at radius 2 is 1.87 bits per heavy atom. The minimum atomic E-state index is -0.221.